The maximum absolute atomic E-state index is 6.16. The van der Waals surface area contributed by atoms with Crippen LogP contribution in [-0.2, 0) is 0 Å². The molecule has 1 aliphatic carbocycles. The second kappa shape index (κ2) is 8.08. The largest absolute Gasteiger partial charge is 0.327 e. The van der Waals surface area contributed by atoms with E-state index in [0.717, 1.165) is 12.6 Å². The lowest BCUT2D eigenvalue weighted by atomic mass is 10.1. The smallest absolute Gasteiger partial charge is 0.0167 e. The van der Waals surface area contributed by atoms with Crippen LogP contribution >= 0.6 is 0 Å². The third kappa shape index (κ3) is 5.31. The molecule has 0 heterocycles. The first kappa shape index (κ1) is 14.0. The SMILES string of the molecule is CCCCC(N)CN(C)C1CCCCCC1. The number of nitrogens with zero attached hydrogens (tertiary/aromatic N) is 1. The minimum atomic E-state index is 0.383. The standard InChI is InChI=1S/C14H30N2/c1-3-4-9-13(15)12-16(2)14-10-7-5-6-8-11-14/h13-14H,3-12,15H2,1-2H3. The Morgan fingerprint density at radius 3 is 2.38 bits per heavy atom. The minimum absolute atomic E-state index is 0.383. The van der Waals surface area contributed by atoms with Crippen LogP contribution in [0.2, 0.25) is 0 Å². The van der Waals surface area contributed by atoms with Crippen molar-refractivity contribution >= 4 is 0 Å². The Labute approximate surface area is 102 Å². The van der Waals surface area contributed by atoms with Crippen LogP contribution in [0.4, 0.5) is 0 Å². The van der Waals surface area contributed by atoms with Crippen LogP contribution in [0.1, 0.15) is 64.7 Å². The predicted molar refractivity (Wildman–Crippen MR) is 71.6 cm³/mol. The van der Waals surface area contributed by atoms with Crippen LogP contribution < -0.4 is 5.73 Å². The summed E-state index contributed by atoms with van der Waals surface area (Å²) in [4.78, 5) is 2.52. The third-order valence-electron chi connectivity index (χ3n) is 3.90. The number of hydrogen-bond acceptors (Lipinski definition) is 2. The molecule has 0 spiro atoms. The second-order valence-electron chi connectivity index (χ2n) is 5.49. The van der Waals surface area contributed by atoms with Gasteiger partial charge in [0.05, 0.1) is 0 Å². The van der Waals surface area contributed by atoms with Gasteiger partial charge in [-0.2, -0.15) is 0 Å². The van der Waals surface area contributed by atoms with Gasteiger partial charge in [0.25, 0.3) is 0 Å². The van der Waals surface area contributed by atoms with Gasteiger partial charge in [0, 0.05) is 18.6 Å². The molecular weight excluding hydrogens is 196 g/mol. The number of nitrogens with two attached hydrogens (primary N) is 1. The minimum Gasteiger partial charge on any atom is -0.327 e. The van der Waals surface area contributed by atoms with Crippen LogP contribution in [0.3, 0.4) is 0 Å². The van der Waals surface area contributed by atoms with Gasteiger partial charge in [-0.3, -0.25) is 0 Å². The van der Waals surface area contributed by atoms with Crippen molar-refractivity contribution in [3.63, 3.8) is 0 Å². The van der Waals surface area contributed by atoms with Gasteiger partial charge in [0.15, 0.2) is 0 Å². The zero-order valence-corrected chi connectivity index (χ0v) is 11.3. The molecule has 1 aliphatic rings. The van der Waals surface area contributed by atoms with Crippen molar-refractivity contribution < 1.29 is 0 Å². The number of hydrogen-bond donors (Lipinski definition) is 1. The second-order valence-corrected chi connectivity index (χ2v) is 5.49. The number of unbranched alkanes of at least 4 members (excludes halogenated alkanes) is 1. The molecule has 1 fully saturated rings. The fourth-order valence-corrected chi connectivity index (χ4v) is 2.78. The van der Waals surface area contributed by atoms with Crippen LogP contribution in [0.15, 0.2) is 0 Å². The fraction of sp³-hybridized carbons (Fsp3) is 1.00. The Morgan fingerprint density at radius 2 is 1.81 bits per heavy atom. The Hall–Kier alpha value is -0.0800. The van der Waals surface area contributed by atoms with Crippen LogP contribution in [0, 0.1) is 0 Å². The average Bonchev–Trinajstić information content (AvgIpc) is 2.54. The normalized spacial score (nSPS) is 21.0. The van der Waals surface area contributed by atoms with Crippen molar-refractivity contribution in [1.29, 1.82) is 0 Å². The van der Waals surface area contributed by atoms with E-state index in [1.54, 1.807) is 0 Å². The Balaban J connectivity index is 2.23. The summed E-state index contributed by atoms with van der Waals surface area (Å²) in [5.41, 5.74) is 6.16. The van der Waals surface area contributed by atoms with Gasteiger partial charge in [-0.25, -0.2) is 0 Å². The summed E-state index contributed by atoms with van der Waals surface area (Å²) in [7, 11) is 2.27. The van der Waals surface area contributed by atoms with Crippen molar-refractivity contribution in [2.75, 3.05) is 13.6 Å². The van der Waals surface area contributed by atoms with Gasteiger partial charge < -0.3 is 10.6 Å². The molecule has 0 aromatic heterocycles. The molecule has 0 aromatic carbocycles. The van der Waals surface area contributed by atoms with E-state index in [0.29, 0.717) is 6.04 Å². The van der Waals surface area contributed by atoms with E-state index in [2.05, 4.69) is 18.9 Å². The van der Waals surface area contributed by atoms with E-state index in [9.17, 15) is 0 Å². The van der Waals surface area contributed by atoms with E-state index < -0.39 is 0 Å². The summed E-state index contributed by atoms with van der Waals surface area (Å²) in [5, 5.41) is 0. The van der Waals surface area contributed by atoms with E-state index in [-0.39, 0.29) is 0 Å². The first-order chi connectivity index (χ1) is 7.74. The number of rotatable bonds is 6. The summed E-state index contributed by atoms with van der Waals surface area (Å²) in [5.74, 6) is 0. The van der Waals surface area contributed by atoms with Crippen molar-refractivity contribution in [3.05, 3.63) is 0 Å². The molecule has 1 unspecified atom stereocenters. The van der Waals surface area contributed by atoms with E-state index in [1.165, 1.54) is 57.8 Å². The zero-order valence-electron chi connectivity index (χ0n) is 11.3. The maximum Gasteiger partial charge on any atom is 0.0167 e. The fourth-order valence-electron chi connectivity index (χ4n) is 2.78. The lowest BCUT2D eigenvalue weighted by molar-refractivity contribution is 0.205. The predicted octanol–water partition coefficient (Wildman–Crippen LogP) is 3.16. The summed E-state index contributed by atoms with van der Waals surface area (Å²) < 4.78 is 0. The lowest BCUT2D eigenvalue weighted by Crippen LogP contribution is -2.40. The molecule has 1 atom stereocenters. The molecule has 96 valence electrons. The highest BCUT2D eigenvalue weighted by Gasteiger charge is 2.18. The lowest BCUT2D eigenvalue weighted by Gasteiger charge is -2.29. The van der Waals surface area contributed by atoms with Crippen LogP contribution in [-0.4, -0.2) is 30.6 Å². The quantitative estimate of drug-likeness (QED) is 0.705. The molecule has 2 heteroatoms. The molecule has 0 aromatic rings. The van der Waals surface area contributed by atoms with E-state index in [4.69, 9.17) is 5.73 Å². The van der Waals surface area contributed by atoms with Crippen molar-refractivity contribution in [2.45, 2.75) is 76.8 Å². The molecule has 0 radical (unpaired) electrons. The highest BCUT2D eigenvalue weighted by molar-refractivity contribution is 4.75. The van der Waals surface area contributed by atoms with Gasteiger partial charge in [-0.1, -0.05) is 45.4 Å². The number of likely N-dealkylation sites (N-methyl/N-ethyl adjacent to an activating group) is 1. The van der Waals surface area contributed by atoms with Gasteiger partial charge >= 0.3 is 0 Å². The summed E-state index contributed by atoms with van der Waals surface area (Å²) >= 11 is 0. The molecular formula is C14H30N2. The Kier molecular flexibility index (Phi) is 7.06. The Bertz CT molecular complexity index is 162. The summed E-state index contributed by atoms with van der Waals surface area (Å²) in [6, 6.07) is 1.18. The highest BCUT2D eigenvalue weighted by Crippen LogP contribution is 2.21. The molecule has 0 aliphatic heterocycles. The van der Waals surface area contributed by atoms with Gasteiger partial charge in [0.2, 0.25) is 0 Å². The van der Waals surface area contributed by atoms with Gasteiger partial charge in [-0.05, 0) is 26.3 Å². The first-order valence-corrected chi connectivity index (χ1v) is 7.20. The summed E-state index contributed by atoms with van der Waals surface area (Å²) in [6.45, 7) is 3.33. The van der Waals surface area contributed by atoms with E-state index in [1.807, 2.05) is 0 Å². The molecule has 2 nitrogen and oxygen atoms in total. The molecule has 0 amide bonds. The summed E-state index contributed by atoms with van der Waals surface area (Å²) in [6.07, 6.45) is 12.2. The van der Waals surface area contributed by atoms with Crippen molar-refractivity contribution in [1.82, 2.24) is 4.90 Å². The topological polar surface area (TPSA) is 29.3 Å². The first-order valence-electron chi connectivity index (χ1n) is 7.20. The van der Waals surface area contributed by atoms with Gasteiger partial charge in [-0.15, -0.1) is 0 Å². The zero-order chi connectivity index (χ0) is 11.8. The van der Waals surface area contributed by atoms with Crippen LogP contribution in [0.5, 0.6) is 0 Å². The van der Waals surface area contributed by atoms with Gasteiger partial charge in [0.1, 0.15) is 0 Å². The third-order valence-corrected chi connectivity index (χ3v) is 3.90. The molecule has 0 bridgehead atoms. The molecule has 16 heavy (non-hydrogen) atoms. The van der Waals surface area contributed by atoms with Crippen molar-refractivity contribution in [2.24, 2.45) is 5.73 Å². The molecule has 0 saturated heterocycles. The maximum atomic E-state index is 6.16. The molecule has 2 N–H and O–H groups in total. The van der Waals surface area contributed by atoms with Crippen molar-refractivity contribution in [3.8, 4) is 0 Å². The monoisotopic (exact) mass is 226 g/mol. The average molecular weight is 226 g/mol. The molecule has 1 rings (SSSR count). The highest BCUT2D eigenvalue weighted by atomic mass is 15.1. The van der Waals surface area contributed by atoms with E-state index >= 15 is 0 Å². The Morgan fingerprint density at radius 1 is 1.19 bits per heavy atom. The van der Waals surface area contributed by atoms with Crippen LogP contribution in [0.25, 0.3) is 0 Å². The molecule has 1 saturated carbocycles.